The minimum absolute atomic E-state index is 0.408. The zero-order valence-electron chi connectivity index (χ0n) is 15.6. The van der Waals surface area contributed by atoms with E-state index in [0.29, 0.717) is 23.5 Å². The van der Waals surface area contributed by atoms with E-state index >= 15 is 0 Å². The van der Waals surface area contributed by atoms with Crippen LogP contribution in [0.1, 0.15) is 39.0 Å². The molecule has 1 spiro atoms. The second kappa shape index (κ2) is 7.80. The first-order valence-electron chi connectivity index (χ1n) is 10.3. The van der Waals surface area contributed by atoms with E-state index in [2.05, 4.69) is 22.5 Å². The Bertz CT molecular complexity index is 474. The number of aliphatic imine (C=N–C) groups is 1. The Hall–Kier alpha value is -0.850. The van der Waals surface area contributed by atoms with Crippen molar-refractivity contribution in [3.05, 3.63) is 0 Å². The van der Waals surface area contributed by atoms with Crippen LogP contribution in [0.2, 0.25) is 0 Å². The SMILES string of the molecule is CCNC(=NCCCN1CCOCC1)NC1C2CCOC2C12CCC2. The zero-order chi connectivity index (χ0) is 17.1. The summed E-state index contributed by atoms with van der Waals surface area (Å²) in [4.78, 5) is 7.33. The fourth-order valence-corrected chi connectivity index (χ4v) is 5.23. The molecule has 4 aliphatic rings. The van der Waals surface area contributed by atoms with Crippen molar-refractivity contribution >= 4 is 5.96 Å². The van der Waals surface area contributed by atoms with Gasteiger partial charge in [0.05, 0.1) is 19.3 Å². The standard InChI is InChI=1S/C19H34N4O2/c1-2-20-18(21-8-4-9-23-10-13-24-14-11-23)22-16-15-5-12-25-17(15)19(16)6-3-7-19/h15-17H,2-14H2,1H3,(H2,20,21,22). The van der Waals surface area contributed by atoms with E-state index in [0.717, 1.165) is 64.9 Å². The largest absolute Gasteiger partial charge is 0.379 e. The van der Waals surface area contributed by atoms with Crippen molar-refractivity contribution in [3.8, 4) is 0 Å². The molecule has 2 aliphatic carbocycles. The summed E-state index contributed by atoms with van der Waals surface area (Å²) in [6.45, 7) is 9.90. The Labute approximate surface area is 151 Å². The highest BCUT2D eigenvalue weighted by atomic mass is 16.5. The molecule has 0 amide bonds. The smallest absolute Gasteiger partial charge is 0.191 e. The number of morpholine rings is 1. The lowest BCUT2D eigenvalue weighted by atomic mass is 9.46. The molecule has 3 atom stereocenters. The molecule has 2 heterocycles. The van der Waals surface area contributed by atoms with E-state index in [1.54, 1.807) is 0 Å². The van der Waals surface area contributed by atoms with Crippen molar-refractivity contribution in [3.63, 3.8) is 0 Å². The van der Waals surface area contributed by atoms with Crippen LogP contribution in [-0.2, 0) is 9.47 Å². The Morgan fingerprint density at radius 2 is 2.08 bits per heavy atom. The molecule has 0 aromatic carbocycles. The van der Waals surface area contributed by atoms with Gasteiger partial charge in [-0.1, -0.05) is 6.42 Å². The van der Waals surface area contributed by atoms with Crippen LogP contribution in [0.3, 0.4) is 0 Å². The van der Waals surface area contributed by atoms with Gasteiger partial charge in [-0.15, -0.1) is 0 Å². The van der Waals surface area contributed by atoms with Gasteiger partial charge in [0, 0.05) is 56.7 Å². The summed E-state index contributed by atoms with van der Waals surface area (Å²) in [6, 6.07) is 0.561. The van der Waals surface area contributed by atoms with Crippen molar-refractivity contribution < 1.29 is 9.47 Å². The average Bonchev–Trinajstić information content (AvgIpc) is 3.01. The quantitative estimate of drug-likeness (QED) is 0.429. The molecule has 0 bridgehead atoms. The van der Waals surface area contributed by atoms with Gasteiger partial charge >= 0.3 is 0 Å². The van der Waals surface area contributed by atoms with Crippen LogP contribution >= 0.6 is 0 Å². The summed E-state index contributed by atoms with van der Waals surface area (Å²) < 4.78 is 11.4. The highest BCUT2D eigenvalue weighted by molar-refractivity contribution is 5.80. The monoisotopic (exact) mass is 350 g/mol. The van der Waals surface area contributed by atoms with Gasteiger partial charge in [0.2, 0.25) is 0 Å². The van der Waals surface area contributed by atoms with Crippen molar-refractivity contribution in [1.82, 2.24) is 15.5 Å². The summed E-state index contributed by atoms with van der Waals surface area (Å²) in [5.41, 5.74) is 0.408. The van der Waals surface area contributed by atoms with Crippen molar-refractivity contribution in [1.29, 1.82) is 0 Å². The third-order valence-corrected chi connectivity index (χ3v) is 6.68. The maximum atomic E-state index is 6.03. The minimum Gasteiger partial charge on any atom is -0.379 e. The number of guanidine groups is 1. The van der Waals surface area contributed by atoms with Crippen LogP contribution in [0.5, 0.6) is 0 Å². The van der Waals surface area contributed by atoms with Crippen LogP contribution in [0.15, 0.2) is 4.99 Å². The molecule has 0 radical (unpaired) electrons. The molecule has 2 saturated carbocycles. The molecule has 2 saturated heterocycles. The lowest BCUT2D eigenvalue weighted by molar-refractivity contribution is -0.171. The van der Waals surface area contributed by atoms with Crippen molar-refractivity contribution in [2.45, 2.75) is 51.2 Å². The number of nitrogens with one attached hydrogen (secondary N) is 2. The number of ether oxygens (including phenoxy) is 2. The summed E-state index contributed by atoms with van der Waals surface area (Å²) in [6.07, 6.45) is 6.84. The van der Waals surface area contributed by atoms with Gasteiger partial charge in [0.1, 0.15) is 0 Å². The highest BCUT2D eigenvalue weighted by Crippen LogP contribution is 2.62. The molecule has 2 N–H and O–H groups in total. The number of hydrogen-bond donors (Lipinski definition) is 2. The van der Waals surface area contributed by atoms with Crippen molar-refractivity contribution in [2.75, 3.05) is 52.5 Å². The molecule has 6 heteroatoms. The fraction of sp³-hybridized carbons (Fsp3) is 0.947. The molecule has 142 valence electrons. The predicted octanol–water partition coefficient (Wildman–Crippen LogP) is 1.22. The Morgan fingerprint density at radius 3 is 2.80 bits per heavy atom. The first-order valence-corrected chi connectivity index (χ1v) is 10.3. The predicted molar refractivity (Wildman–Crippen MR) is 98.9 cm³/mol. The number of fused-ring (bicyclic) bond motifs is 2. The van der Waals surface area contributed by atoms with Crippen LogP contribution in [-0.4, -0.2) is 75.5 Å². The highest BCUT2D eigenvalue weighted by Gasteiger charge is 2.66. The summed E-state index contributed by atoms with van der Waals surface area (Å²) in [7, 11) is 0. The molecule has 0 aromatic rings. The van der Waals surface area contributed by atoms with Gasteiger partial charge in [0.25, 0.3) is 0 Å². The first-order chi connectivity index (χ1) is 12.3. The maximum absolute atomic E-state index is 6.03. The van der Waals surface area contributed by atoms with E-state index in [4.69, 9.17) is 14.5 Å². The summed E-state index contributed by atoms with van der Waals surface area (Å²) >= 11 is 0. The number of rotatable bonds is 6. The van der Waals surface area contributed by atoms with Crippen LogP contribution in [0.4, 0.5) is 0 Å². The summed E-state index contributed by atoms with van der Waals surface area (Å²) in [5, 5.41) is 7.23. The molecular weight excluding hydrogens is 316 g/mol. The molecule has 3 unspecified atom stereocenters. The Kier molecular flexibility index (Phi) is 5.48. The topological polar surface area (TPSA) is 58.1 Å². The van der Waals surface area contributed by atoms with Gasteiger partial charge in [-0.3, -0.25) is 9.89 Å². The molecule has 0 aromatic heterocycles. The second-order valence-electron chi connectivity index (χ2n) is 8.02. The van der Waals surface area contributed by atoms with Gasteiger partial charge in [0.15, 0.2) is 5.96 Å². The van der Waals surface area contributed by atoms with Crippen LogP contribution < -0.4 is 10.6 Å². The van der Waals surface area contributed by atoms with E-state index in [1.165, 1.54) is 25.7 Å². The number of hydrogen-bond acceptors (Lipinski definition) is 4. The van der Waals surface area contributed by atoms with Gasteiger partial charge in [-0.05, 0) is 32.6 Å². The molecule has 2 aliphatic heterocycles. The van der Waals surface area contributed by atoms with Gasteiger partial charge in [-0.2, -0.15) is 0 Å². The molecule has 4 rings (SSSR count). The lowest BCUT2D eigenvalue weighted by Gasteiger charge is -2.63. The van der Waals surface area contributed by atoms with E-state index in [1.807, 2.05) is 0 Å². The minimum atomic E-state index is 0.408. The third-order valence-electron chi connectivity index (χ3n) is 6.68. The van der Waals surface area contributed by atoms with E-state index < -0.39 is 0 Å². The molecular formula is C19H34N4O2. The molecule has 6 nitrogen and oxygen atoms in total. The first kappa shape index (κ1) is 17.6. The maximum Gasteiger partial charge on any atom is 0.191 e. The molecule has 4 fully saturated rings. The molecule has 25 heavy (non-hydrogen) atoms. The number of nitrogens with zero attached hydrogens (tertiary/aromatic N) is 2. The van der Waals surface area contributed by atoms with Crippen LogP contribution in [0, 0.1) is 11.3 Å². The third kappa shape index (κ3) is 3.40. The lowest BCUT2D eigenvalue weighted by Crippen LogP contribution is -2.72. The zero-order valence-corrected chi connectivity index (χ0v) is 15.6. The van der Waals surface area contributed by atoms with Gasteiger partial charge in [-0.25, -0.2) is 0 Å². The van der Waals surface area contributed by atoms with E-state index in [9.17, 15) is 0 Å². The normalized spacial score (nSPS) is 34.3. The summed E-state index contributed by atoms with van der Waals surface area (Å²) in [5.74, 6) is 1.70. The van der Waals surface area contributed by atoms with Crippen molar-refractivity contribution in [2.24, 2.45) is 16.3 Å². The second-order valence-corrected chi connectivity index (χ2v) is 8.02. The fourth-order valence-electron chi connectivity index (χ4n) is 5.23. The van der Waals surface area contributed by atoms with E-state index in [-0.39, 0.29) is 0 Å². The van der Waals surface area contributed by atoms with Gasteiger partial charge < -0.3 is 20.1 Å². The average molecular weight is 351 g/mol. The Morgan fingerprint density at radius 1 is 1.24 bits per heavy atom. The Balaban J connectivity index is 1.28. The van der Waals surface area contributed by atoms with Crippen LogP contribution in [0.25, 0.3) is 0 Å².